The Hall–Kier alpha value is -1.50. The first-order valence-electron chi connectivity index (χ1n) is 15.7. The van der Waals surface area contributed by atoms with Crippen LogP contribution >= 0.6 is 23.2 Å². The summed E-state index contributed by atoms with van der Waals surface area (Å²) in [4.78, 5) is 0. The lowest BCUT2D eigenvalue weighted by Crippen LogP contribution is -2.30. The summed E-state index contributed by atoms with van der Waals surface area (Å²) in [6, 6.07) is 9.34. The maximum atomic E-state index is 7.06. The van der Waals surface area contributed by atoms with Gasteiger partial charge in [-0.05, 0) is 119 Å². The lowest BCUT2D eigenvalue weighted by molar-refractivity contribution is 0.144. The van der Waals surface area contributed by atoms with Crippen molar-refractivity contribution >= 4 is 47.5 Å². The molecule has 0 nitrogen and oxygen atoms in total. The molecular formula is C36H42Cl2. The van der Waals surface area contributed by atoms with Gasteiger partial charge in [0.1, 0.15) is 0 Å². The van der Waals surface area contributed by atoms with Gasteiger partial charge in [0.2, 0.25) is 0 Å². The van der Waals surface area contributed by atoms with E-state index < -0.39 is 0 Å². The zero-order valence-corrected chi connectivity index (χ0v) is 24.3. The molecule has 0 saturated heterocycles. The molecule has 0 amide bonds. The second-order valence-corrected chi connectivity index (χ2v) is 14.0. The number of fused-ring (bicyclic) bond motifs is 4. The van der Waals surface area contributed by atoms with Crippen LogP contribution in [0.4, 0.5) is 0 Å². The third-order valence-electron chi connectivity index (χ3n) is 11.2. The van der Waals surface area contributed by atoms with Crippen molar-refractivity contribution in [3.05, 3.63) is 67.7 Å². The van der Waals surface area contributed by atoms with Gasteiger partial charge >= 0.3 is 0 Å². The summed E-state index contributed by atoms with van der Waals surface area (Å²) >= 11 is 14.1. The zero-order chi connectivity index (χ0) is 25.6. The smallest absolute Gasteiger partial charge is 0.0447 e. The molecule has 6 atom stereocenters. The molecule has 0 radical (unpaired) electrons. The minimum atomic E-state index is 0.623. The van der Waals surface area contributed by atoms with Gasteiger partial charge in [-0.1, -0.05) is 112 Å². The first-order valence-corrected chi connectivity index (χ1v) is 16.4. The van der Waals surface area contributed by atoms with E-state index in [2.05, 4.69) is 48.6 Å². The van der Waals surface area contributed by atoms with Crippen molar-refractivity contribution in [2.24, 2.45) is 23.7 Å². The summed E-state index contributed by atoms with van der Waals surface area (Å²) in [5, 5.41) is 1.95. The van der Waals surface area contributed by atoms with Crippen LogP contribution in [0.2, 0.25) is 10.0 Å². The fraction of sp³-hybridized carbons (Fsp3) is 0.556. The summed E-state index contributed by atoms with van der Waals surface area (Å²) in [5.74, 6) is 4.71. The minimum absolute atomic E-state index is 0.623. The van der Waals surface area contributed by atoms with Gasteiger partial charge in [-0.2, -0.15) is 0 Å². The average Bonchev–Trinajstić information content (AvgIpc) is 2.94. The topological polar surface area (TPSA) is 0 Å². The molecule has 4 saturated carbocycles. The zero-order valence-electron chi connectivity index (χ0n) is 22.7. The highest BCUT2D eigenvalue weighted by molar-refractivity contribution is 6.32. The Balaban J connectivity index is 1.20. The van der Waals surface area contributed by atoms with Crippen LogP contribution in [0.15, 0.2) is 24.3 Å². The van der Waals surface area contributed by atoms with Crippen LogP contribution in [0.1, 0.15) is 135 Å². The fourth-order valence-electron chi connectivity index (χ4n) is 9.40. The van der Waals surface area contributed by atoms with Gasteiger partial charge in [0, 0.05) is 10.0 Å². The highest BCUT2D eigenvalue weighted by atomic mass is 35.5. The SMILES string of the molecule is Clc1cc2c(cc1C1CCCC3CCCCC31)C=Cc1cc(Cl)c(C3CCCC4CCCCC43)cc1/C=C\2. The van der Waals surface area contributed by atoms with Gasteiger partial charge in [-0.25, -0.2) is 0 Å². The fourth-order valence-corrected chi connectivity index (χ4v) is 10.0. The minimum Gasteiger partial charge on any atom is -0.0840 e. The molecule has 0 spiro atoms. The Bertz CT molecular complexity index is 1150. The van der Waals surface area contributed by atoms with E-state index in [1.165, 1.54) is 123 Å². The van der Waals surface area contributed by atoms with Gasteiger partial charge < -0.3 is 0 Å². The molecule has 5 aliphatic carbocycles. The number of benzene rings is 2. The summed E-state index contributed by atoms with van der Waals surface area (Å²) in [7, 11) is 0. The quantitative estimate of drug-likeness (QED) is 0.300. The molecule has 0 N–H and O–H groups in total. The third-order valence-corrected chi connectivity index (χ3v) is 11.9. The Kier molecular flexibility index (Phi) is 7.25. The van der Waals surface area contributed by atoms with Crippen molar-refractivity contribution in [1.82, 2.24) is 0 Å². The van der Waals surface area contributed by atoms with Crippen LogP contribution < -0.4 is 0 Å². The van der Waals surface area contributed by atoms with Gasteiger partial charge in [0.25, 0.3) is 0 Å². The Labute approximate surface area is 239 Å². The molecule has 0 aliphatic heterocycles. The maximum Gasteiger partial charge on any atom is 0.0447 e. The molecule has 200 valence electrons. The van der Waals surface area contributed by atoms with Crippen LogP contribution in [0.5, 0.6) is 0 Å². The van der Waals surface area contributed by atoms with Gasteiger partial charge in [0.05, 0.1) is 0 Å². The maximum absolute atomic E-state index is 7.06. The van der Waals surface area contributed by atoms with E-state index in [1.54, 1.807) is 0 Å². The van der Waals surface area contributed by atoms with Crippen molar-refractivity contribution < 1.29 is 0 Å². The van der Waals surface area contributed by atoms with Crippen molar-refractivity contribution in [3.63, 3.8) is 0 Å². The van der Waals surface area contributed by atoms with Crippen LogP contribution in [0, 0.1) is 23.7 Å². The number of rotatable bonds is 2. The largest absolute Gasteiger partial charge is 0.0840 e. The highest BCUT2D eigenvalue weighted by Crippen LogP contribution is 2.51. The van der Waals surface area contributed by atoms with Gasteiger partial charge in [0.15, 0.2) is 0 Å². The summed E-state index contributed by atoms with van der Waals surface area (Å²) in [5.41, 5.74) is 7.85. The summed E-state index contributed by atoms with van der Waals surface area (Å²) in [6.07, 6.45) is 28.6. The molecular weight excluding hydrogens is 503 g/mol. The number of hydrogen-bond acceptors (Lipinski definition) is 0. The Morgan fingerprint density at radius 3 is 1.24 bits per heavy atom. The summed E-state index contributed by atoms with van der Waals surface area (Å²) in [6.45, 7) is 0. The molecule has 0 aromatic heterocycles. The lowest BCUT2D eigenvalue weighted by atomic mass is 9.63. The predicted molar refractivity (Wildman–Crippen MR) is 165 cm³/mol. The molecule has 7 rings (SSSR count). The number of halogens is 2. The van der Waals surface area contributed by atoms with E-state index in [9.17, 15) is 0 Å². The van der Waals surface area contributed by atoms with Crippen molar-refractivity contribution in [2.45, 2.75) is 102 Å². The van der Waals surface area contributed by atoms with Crippen LogP contribution in [-0.4, -0.2) is 0 Å². The van der Waals surface area contributed by atoms with Crippen molar-refractivity contribution in [1.29, 1.82) is 0 Å². The van der Waals surface area contributed by atoms with E-state index in [-0.39, 0.29) is 0 Å². The third kappa shape index (κ3) is 4.73. The molecule has 2 aromatic rings. The van der Waals surface area contributed by atoms with Crippen LogP contribution in [0.3, 0.4) is 0 Å². The van der Waals surface area contributed by atoms with E-state index in [0.717, 1.165) is 33.7 Å². The van der Waals surface area contributed by atoms with E-state index >= 15 is 0 Å². The van der Waals surface area contributed by atoms with Crippen LogP contribution in [0.25, 0.3) is 24.3 Å². The van der Waals surface area contributed by atoms with Crippen molar-refractivity contribution in [2.75, 3.05) is 0 Å². The van der Waals surface area contributed by atoms with E-state index in [0.29, 0.717) is 11.8 Å². The normalized spacial score (nSPS) is 33.2. The molecule has 2 aromatic carbocycles. The highest BCUT2D eigenvalue weighted by Gasteiger charge is 2.38. The average molecular weight is 546 g/mol. The van der Waals surface area contributed by atoms with Crippen molar-refractivity contribution in [3.8, 4) is 0 Å². The molecule has 38 heavy (non-hydrogen) atoms. The van der Waals surface area contributed by atoms with Crippen LogP contribution in [-0.2, 0) is 0 Å². The monoisotopic (exact) mass is 544 g/mol. The van der Waals surface area contributed by atoms with E-state index in [4.69, 9.17) is 23.2 Å². The molecule has 4 fully saturated rings. The molecule has 0 bridgehead atoms. The molecule has 0 heterocycles. The molecule has 2 heteroatoms. The summed E-state index contributed by atoms with van der Waals surface area (Å²) < 4.78 is 0. The molecule has 5 aliphatic rings. The lowest BCUT2D eigenvalue weighted by Gasteiger charge is -2.42. The number of hydrogen-bond donors (Lipinski definition) is 0. The van der Waals surface area contributed by atoms with Gasteiger partial charge in [-0.15, -0.1) is 0 Å². The Morgan fingerprint density at radius 2 is 0.789 bits per heavy atom. The second kappa shape index (κ2) is 10.8. The van der Waals surface area contributed by atoms with Gasteiger partial charge in [-0.3, -0.25) is 0 Å². The van der Waals surface area contributed by atoms with E-state index in [1.807, 2.05) is 0 Å². The standard InChI is InChI=1S/C36H42Cl2/c37-35-21-27-18-16-26-20-34(32-14-6-10-24-8-2-4-12-30(24)32)36(38)22-28(26)17-15-25(27)19-33(35)31-13-5-9-23-7-1-3-11-29(23)31/h15-24,29-32H,1-14H2/b17-15-,18-16?,25-15?,26-16?,27-18?,28-17?. The molecule has 6 unspecified atom stereocenters. The first-order chi connectivity index (χ1) is 18.7. The Morgan fingerprint density at radius 1 is 0.421 bits per heavy atom. The second-order valence-electron chi connectivity index (χ2n) is 13.2. The first kappa shape index (κ1) is 25.5. The predicted octanol–water partition coefficient (Wildman–Crippen LogP) is 11.8.